The molecule has 0 aromatic carbocycles. The molecule has 0 bridgehead atoms. The van der Waals surface area contributed by atoms with Crippen LogP contribution >= 0.6 is 21.6 Å². The first-order chi connectivity index (χ1) is 24.8. The lowest BCUT2D eigenvalue weighted by Crippen LogP contribution is -2.38. The molecular weight excluding hydrogens is 717 g/mol. The van der Waals surface area contributed by atoms with Crippen LogP contribution in [0.2, 0.25) is 0 Å². The van der Waals surface area contributed by atoms with Crippen molar-refractivity contribution in [3.63, 3.8) is 0 Å². The smallest absolute Gasteiger partial charge is 0.221 e. The van der Waals surface area contributed by atoms with Crippen molar-refractivity contribution in [3.05, 3.63) is 0 Å². The van der Waals surface area contributed by atoms with Crippen LogP contribution in [0.1, 0.15) is 53.4 Å². The predicted octanol–water partition coefficient (Wildman–Crippen LogP) is -2.46. The van der Waals surface area contributed by atoms with E-state index < -0.39 is 0 Å². The van der Waals surface area contributed by atoms with Gasteiger partial charge >= 0.3 is 0 Å². The van der Waals surface area contributed by atoms with Gasteiger partial charge in [0, 0.05) is 157 Å². The highest BCUT2D eigenvalue weighted by Crippen LogP contribution is 2.21. The van der Waals surface area contributed by atoms with Gasteiger partial charge in [0.2, 0.25) is 47.3 Å². The molecule has 52 heavy (non-hydrogen) atoms. The van der Waals surface area contributed by atoms with Crippen LogP contribution in [0.15, 0.2) is 0 Å². The maximum atomic E-state index is 12.4. The van der Waals surface area contributed by atoms with Crippen LogP contribution in [0.3, 0.4) is 0 Å². The number of nitrogens with one attached hydrogen (secondary N) is 8. The molecule has 0 radical (unpaired) electrons. The number of rotatable bonds is 31. The highest BCUT2D eigenvalue weighted by atomic mass is 33.1. The van der Waals surface area contributed by atoms with E-state index in [0.29, 0.717) is 91.6 Å². The minimum Gasteiger partial charge on any atom is -0.355 e. The largest absolute Gasteiger partial charge is 0.355 e. The minimum atomic E-state index is -0.170. The summed E-state index contributed by atoms with van der Waals surface area (Å²) >= 11 is 0. The molecule has 0 fully saturated rings. The van der Waals surface area contributed by atoms with E-state index >= 15 is 0 Å². The van der Waals surface area contributed by atoms with E-state index in [2.05, 4.69) is 52.3 Å². The molecule has 20 heteroatoms. The van der Waals surface area contributed by atoms with Gasteiger partial charge in [-0.3, -0.25) is 38.4 Å². The maximum absolute atomic E-state index is 12.4. The summed E-state index contributed by atoms with van der Waals surface area (Å²) in [6.45, 7) is 11.4. The number of nitrogens with zero attached hydrogens (tertiary/aromatic N) is 2. The van der Waals surface area contributed by atoms with Gasteiger partial charge in [-0.25, -0.2) is 0 Å². The molecule has 0 saturated carbocycles. The van der Waals surface area contributed by atoms with Crippen LogP contribution in [0.25, 0.3) is 0 Å². The van der Waals surface area contributed by atoms with E-state index in [1.165, 1.54) is 27.7 Å². The second-order valence-electron chi connectivity index (χ2n) is 11.7. The zero-order valence-electron chi connectivity index (χ0n) is 31.1. The van der Waals surface area contributed by atoms with Gasteiger partial charge < -0.3 is 52.3 Å². The van der Waals surface area contributed by atoms with Crippen molar-refractivity contribution in [1.29, 1.82) is 0 Å². The van der Waals surface area contributed by atoms with Gasteiger partial charge in [-0.2, -0.15) is 0 Å². The van der Waals surface area contributed by atoms with Crippen LogP contribution in [0, 0.1) is 0 Å². The van der Waals surface area contributed by atoms with Crippen molar-refractivity contribution in [2.75, 3.05) is 103 Å². The van der Waals surface area contributed by atoms with Crippen molar-refractivity contribution in [3.8, 4) is 0 Å². The fraction of sp³-hybridized carbons (Fsp3) is 0.750. The second-order valence-corrected chi connectivity index (χ2v) is 14.4. The van der Waals surface area contributed by atoms with Gasteiger partial charge in [0.15, 0.2) is 0 Å². The van der Waals surface area contributed by atoms with Crippen molar-refractivity contribution < 1.29 is 38.4 Å². The Balaban J connectivity index is 4.88. The highest BCUT2D eigenvalue weighted by Gasteiger charge is 2.13. The predicted molar refractivity (Wildman–Crippen MR) is 203 cm³/mol. The van der Waals surface area contributed by atoms with Gasteiger partial charge in [-0.1, -0.05) is 21.6 Å². The monoisotopic (exact) mass is 776 g/mol. The molecule has 298 valence electrons. The summed E-state index contributed by atoms with van der Waals surface area (Å²) in [6, 6.07) is 0. The summed E-state index contributed by atoms with van der Waals surface area (Å²) in [5.41, 5.74) is 0. The fourth-order valence-corrected chi connectivity index (χ4v) is 6.33. The molecule has 0 aliphatic heterocycles. The quantitative estimate of drug-likeness (QED) is 0.0271. The average molecular weight is 777 g/mol. The third-order valence-electron chi connectivity index (χ3n) is 6.97. The third kappa shape index (κ3) is 33.5. The third-order valence-corrected chi connectivity index (χ3v) is 9.34. The Hall–Kier alpha value is -3.62. The first-order valence-corrected chi connectivity index (χ1v) is 20.0. The lowest BCUT2D eigenvalue weighted by molar-refractivity contribution is -0.123. The van der Waals surface area contributed by atoms with Crippen molar-refractivity contribution in [2.24, 2.45) is 0 Å². The van der Waals surface area contributed by atoms with Crippen LogP contribution in [-0.2, 0) is 38.4 Å². The zero-order valence-corrected chi connectivity index (χ0v) is 32.8. The Labute approximate surface area is 315 Å². The summed E-state index contributed by atoms with van der Waals surface area (Å²) in [4.78, 5) is 97.6. The first kappa shape index (κ1) is 48.4. The molecule has 0 aromatic rings. The molecule has 18 nitrogen and oxygen atoms in total. The number of carbonyl (C=O) groups excluding carboxylic acids is 8. The fourth-order valence-electron chi connectivity index (χ4n) is 4.28. The van der Waals surface area contributed by atoms with Gasteiger partial charge in [-0.15, -0.1) is 0 Å². The molecule has 0 heterocycles. The molecule has 0 saturated heterocycles. The average Bonchev–Trinajstić information content (AvgIpc) is 3.08. The van der Waals surface area contributed by atoms with E-state index in [1.54, 1.807) is 21.6 Å². The number of carbonyl (C=O) groups is 8. The Morgan fingerprint density at radius 2 is 0.558 bits per heavy atom. The summed E-state index contributed by atoms with van der Waals surface area (Å²) in [6.07, 6.45) is 0.939. The summed E-state index contributed by atoms with van der Waals surface area (Å²) in [5.74, 6) is 0.168. The summed E-state index contributed by atoms with van der Waals surface area (Å²) in [7, 11) is 3.30. The zero-order chi connectivity index (χ0) is 39.0. The maximum Gasteiger partial charge on any atom is 0.221 e. The number of hydrogen-bond donors (Lipinski definition) is 8. The van der Waals surface area contributed by atoms with Crippen LogP contribution in [-0.4, -0.2) is 160 Å². The van der Waals surface area contributed by atoms with Crippen LogP contribution in [0.4, 0.5) is 0 Å². The van der Waals surface area contributed by atoms with E-state index in [1.807, 2.05) is 0 Å². The topological polar surface area (TPSA) is 239 Å². The van der Waals surface area contributed by atoms with E-state index in [4.69, 9.17) is 0 Å². The number of hydrogen-bond acceptors (Lipinski definition) is 12. The lowest BCUT2D eigenvalue weighted by atomic mass is 10.3. The van der Waals surface area contributed by atoms with Crippen molar-refractivity contribution in [1.82, 2.24) is 52.3 Å². The molecule has 0 atom stereocenters. The normalized spacial score (nSPS) is 10.7. The first-order valence-electron chi connectivity index (χ1n) is 17.5. The van der Waals surface area contributed by atoms with Crippen LogP contribution < -0.4 is 42.5 Å². The molecule has 0 aromatic heterocycles. The van der Waals surface area contributed by atoms with Gasteiger partial charge in [0.1, 0.15) is 0 Å². The molecule has 0 unspecified atom stereocenters. The van der Waals surface area contributed by atoms with Gasteiger partial charge in [0.05, 0.1) is 0 Å². The SMILES string of the molecule is CC(=O)NCCNC(=O)CCN(CCSSCCN(CCC(=O)NCCNC(C)=O)CCC(=O)NCCNC(C)=O)CCC(=O)NCCNC(C)=O. The molecule has 0 spiro atoms. The Morgan fingerprint density at radius 3 is 0.769 bits per heavy atom. The number of amides is 8. The molecule has 8 N–H and O–H groups in total. The van der Waals surface area contributed by atoms with Gasteiger partial charge in [-0.05, 0) is 0 Å². The standard InChI is InChI=1S/C32H60N10O8S2/c1-25(43)33-9-13-37-29(47)5-17-41(18-6-30(48)38-14-10-34-26(2)44)21-23-51-52-24-22-42(19-7-31(49)39-15-11-35-27(3)45)20-8-32(50)40-16-12-36-28(4)46/h5-24H2,1-4H3,(H,33,43)(H,34,44)(H,35,45)(H,36,46)(H,37,47)(H,38,48)(H,39,49)(H,40,50). The second kappa shape index (κ2) is 32.1. The van der Waals surface area contributed by atoms with Crippen LogP contribution in [0.5, 0.6) is 0 Å². The molecule has 0 rings (SSSR count). The Morgan fingerprint density at radius 1 is 0.346 bits per heavy atom. The summed E-state index contributed by atoms with van der Waals surface area (Å²) < 4.78 is 0. The molecule has 8 amide bonds. The van der Waals surface area contributed by atoms with E-state index in [9.17, 15) is 38.4 Å². The Bertz CT molecular complexity index is 959. The molecule has 0 aliphatic rings. The van der Waals surface area contributed by atoms with Gasteiger partial charge in [0.25, 0.3) is 0 Å². The molecular formula is C32H60N10O8S2. The van der Waals surface area contributed by atoms with E-state index in [0.717, 1.165) is 11.5 Å². The van der Waals surface area contributed by atoms with Crippen molar-refractivity contribution >= 4 is 68.8 Å². The lowest BCUT2D eigenvalue weighted by Gasteiger charge is -2.23. The molecule has 0 aliphatic carbocycles. The summed E-state index contributed by atoms with van der Waals surface area (Å²) in [5, 5.41) is 21.6. The van der Waals surface area contributed by atoms with Crippen molar-refractivity contribution in [2.45, 2.75) is 53.4 Å². The minimum absolute atomic E-state index is 0.153. The highest BCUT2D eigenvalue weighted by molar-refractivity contribution is 8.76. The Kier molecular flexibility index (Phi) is 29.8. The van der Waals surface area contributed by atoms with E-state index in [-0.39, 0.29) is 72.9 Å².